The first kappa shape index (κ1) is 29.2. The number of benzene rings is 2. The summed E-state index contributed by atoms with van der Waals surface area (Å²) in [6.45, 7) is 8.81. The highest BCUT2D eigenvalue weighted by Gasteiger charge is 2.39. The molecule has 0 fully saturated rings. The van der Waals surface area contributed by atoms with Gasteiger partial charge in [0.15, 0.2) is 6.29 Å². The number of rotatable bonds is 13. The molecule has 0 bridgehead atoms. The molecule has 1 atom stereocenters. The van der Waals surface area contributed by atoms with Crippen molar-refractivity contribution in [1.82, 2.24) is 14.8 Å². The first-order valence-corrected chi connectivity index (χ1v) is 14.0. The smallest absolute Gasteiger partial charge is 0.408 e. The molecule has 0 radical (unpaired) electrons. The Morgan fingerprint density at radius 2 is 1.50 bits per heavy atom. The van der Waals surface area contributed by atoms with Gasteiger partial charge in [0.1, 0.15) is 6.04 Å². The van der Waals surface area contributed by atoms with Gasteiger partial charge in [0.25, 0.3) is 0 Å². The number of carbonyl (C=O) groups excluding carboxylic acids is 1. The van der Waals surface area contributed by atoms with E-state index in [4.69, 9.17) is 9.47 Å². The second-order valence-electron chi connectivity index (χ2n) is 10.2. The molecular formula is C32H39N3O5. The van der Waals surface area contributed by atoms with Gasteiger partial charge in [0.05, 0.1) is 6.54 Å². The second-order valence-corrected chi connectivity index (χ2v) is 10.2. The predicted octanol–water partition coefficient (Wildman–Crippen LogP) is 5.42. The molecule has 8 heteroatoms. The molecule has 0 saturated heterocycles. The molecule has 4 rings (SSSR count). The molecular weight excluding hydrogens is 506 g/mol. The van der Waals surface area contributed by atoms with E-state index in [9.17, 15) is 14.7 Å². The third-order valence-corrected chi connectivity index (χ3v) is 7.36. The summed E-state index contributed by atoms with van der Waals surface area (Å²) in [5.41, 5.74) is 5.12. The van der Waals surface area contributed by atoms with Crippen LogP contribution < -0.4 is 0 Å². The number of hydrogen-bond donors (Lipinski definition) is 1. The van der Waals surface area contributed by atoms with Crippen molar-refractivity contribution in [3.63, 3.8) is 0 Å². The van der Waals surface area contributed by atoms with E-state index in [1.165, 1.54) is 4.90 Å². The lowest BCUT2D eigenvalue weighted by Gasteiger charge is -2.37. The number of fused-ring (bicyclic) bond motifs is 3. The van der Waals surface area contributed by atoms with Crippen LogP contribution in [0.2, 0.25) is 0 Å². The van der Waals surface area contributed by atoms with Crippen LogP contribution in [0, 0.1) is 0 Å². The summed E-state index contributed by atoms with van der Waals surface area (Å²) in [7, 11) is 0. The number of ether oxygens (including phenoxy) is 2. The molecule has 40 heavy (non-hydrogen) atoms. The largest absolute Gasteiger partial charge is 0.465 e. The molecule has 3 aromatic rings. The van der Waals surface area contributed by atoms with Crippen LogP contribution in [0.25, 0.3) is 11.1 Å². The summed E-state index contributed by atoms with van der Waals surface area (Å²) in [6.07, 6.45) is 1.80. The predicted molar refractivity (Wildman–Crippen MR) is 154 cm³/mol. The van der Waals surface area contributed by atoms with Gasteiger partial charge >= 0.3 is 6.09 Å². The van der Waals surface area contributed by atoms with Crippen LogP contribution in [-0.2, 0) is 20.7 Å². The maximum absolute atomic E-state index is 14.3. The molecule has 1 aromatic heterocycles. The summed E-state index contributed by atoms with van der Waals surface area (Å²) in [4.78, 5) is 34.5. The van der Waals surface area contributed by atoms with Crippen molar-refractivity contribution < 1.29 is 24.2 Å². The molecule has 1 aliphatic carbocycles. The number of aromatic nitrogens is 1. The summed E-state index contributed by atoms with van der Waals surface area (Å²) >= 11 is 0. The quantitative estimate of drug-likeness (QED) is 0.288. The van der Waals surface area contributed by atoms with Crippen LogP contribution in [-0.4, -0.2) is 76.6 Å². The van der Waals surface area contributed by atoms with Gasteiger partial charge in [-0.2, -0.15) is 0 Å². The van der Waals surface area contributed by atoms with Crippen LogP contribution in [0.1, 0.15) is 50.3 Å². The van der Waals surface area contributed by atoms with Crippen LogP contribution in [0.4, 0.5) is 4.79 Å². The number of amides is 2. The van der Waals surface area contributed by atoms with Crippen molar-refractivity contribution in [3.05, 3.63) is 89.7 Å². The summed E-state index contributed by atoms with van der Waals surface area (Å²) in [5.74, 6) is -0.481. The fraction of sp³-hybridized carbons (Fsp3) is 0.406. The van der Waals surface area contributed by atoms with E-state index in [-0.39, 0.29) is 37.4 Å². The minimum atomic E-state index is -1.14. The number of carbonyl (C=O) groups is 2. The van der Waals surface area contributed by atoms with Crippen molar-refractivity contribution in [2.45, 2.75) is 58.4 Å². The SMILES string of the molecule is CCOC(CN(C(=O)C(Cc1cccnc1)N(CC1c2ccccc2-c2ccccc21)C(=O)O)C(C)C)OCC. The molecule has 1 unspecified atom stereocenters. The lowest BCUT2D eigenvalue weighted by molar-refractivity contribution is -0.164. The molecule has 2 amide bonds. The van der Waals surface area contributed by atoms with Crippen molar-refractivity contribution in [3.8, 4) is 11.1 Å². The molecule has 1 N–H and O–H groups in total. The number of hydrogen-bond acceptors (Lipinski definition) is 5. The highest BCUT2D eigenvalue weighted by molar-refractivity contribution is 5.86. The zero-order chi connectivity index (χ0) is 28.6. The Bertz CT molecular complexity index is 1230. The highest BCUT2D eigenvalue weighted by atomic mass is 16.7. The Hall–Kier alpha value is -3.75. The maximum atomic E-state index is 14.3. The monoisotopic (exact) mass is 545 g/mol. The van der Waals surface area contributed by atoms with E-state index in [0.29, 0.717) is 13.2 Å². The van der Waals surface area contributed by atoms with Crippen molar-refractivity contribution in [1.29, 1.82) is 0 Å². The van der Waals surface area contributed by atoms with Gasteiger partial charge in [-0.1, -0.05) is 54.6 Å². The first-order valence-electron chi connectivity index (χ1n) is 14.0. The molecule has 2 aromatic carbocycles. The number of nitrogens with zero attached hydrogens (tertiary/aromatic N) is 3. The Balaban J connectivity index is 1.72. The lowest BCUT2D eigenvalue weighted by Crippen LogP contribution is -2.56. The first-order chi connectivity index (χ1) is 19.3. The van der Waals surface area contributed by atoms with Gasteiger partial charge in [-0.05, 0) is 61.6 Å². The third kappa shape index (κ3) is 6.51. The van der Waals surface area contributed by atoms with E-state index in [0.717, 1.165) is 27.8 Å². The summed E-state index contributed by atoms with van der Waals surface area (Å²) in [5, 5.41) is 10.6. The highest BCUT2D eigenvalue weighted by Crippen LogP contribution is 2.45. The fourth-order valence-corrected chi connectivity index (χ4v) is 5.50. The van der Waals surface area contributed by atoms with Crippen molar-refractivity contribution >= 4 is 12.0 Å². The van der Waals surface area contributed by atoms with E-state index >= 15 is 0 Å². The Labute approximate surface area is 236 Å². The van der Waals surface area contributed by atoms with E-state index in [2.05, 4.69) is 17.1 Å². The van der Waals surface area contributed by atoms with Gasteiger partial charge in [-0.25, -0.2) is 4.79 Å². The van der Waals surface area contributed by atoms with E-state index in [1.807, 2.05) is 70.2 Å². The van der Waals surface area contributed by atoms with Crippen LogP contribution >= 0.6 is 0 Å². The zero-order valence-corrected chi connectivity index (χ0v) is 23.7. The van der Waals surface area contributed by atoms with E-state index < -0.39 is 18.4 Å². The number of carboxylic acid groups (broad SMARTS) is 1. The lowest BCUT2D eigenvalue weighted by atomic mass is 9.94. The number of pyridine rings is 1. The Morgan fingerprint density at radius 1 is 0.900 bits per heavy atom. The Morgan fingerprint density at radius 3 is 2.00 bits per heavy atom. The van der Waals surface area contributed by atoms with Crippen LogP contribution in [0.15, 0.2) is 73.1 Å². The molecule has 1 aliphatic rings. The maximum Gasteiger partial charge on any atom is 0.408 e. The fourth-order valence-electron chi connectivity index (χ4n) is 5.50. The van der Waals surface area contributed by atoms with E-state index in [1.54, 1.807) is 23.4 Å². The summed E-state index contributed by atoms with van der Waals surface area (Å²) < 4.78 is 11.5. The average molecular weight is 546 g/mol. The topological polar surface area (TPSA) is 92.2 Å². The van der Waals surface area contributed by atoms with Gasteiger partial charge in [-0.3, -0.25) is 14.7 Å². The minimum Gasteiger partial charge on any atom is -0.465 e. The second kappa shape index (κ2) is 13.5. The van der Waals surface area contributed by atoms with Crippen molar-refractivity contribution in [2.75, 3.05) is 26.3 Å². The third-order valence-electron chi connectivity index (χ3n) is 7.36. The molecule has 8 nitrogen and oxygen atoms in total. The van der Waals surface area contributed by atoms with Crippen LogP contribution in [0.3, 0.4) is 0 Å². The average Bonchev–Trinajstić information content (AvgIpc) is 3.27. The Kier molecular flexibility index (Phi) is 9.90. The molecule has 0 aliphatic heterocycles. The van der Waals surface area contributed by atoms with Gasteiger partial charge in [0.2, 0.25) is 5.91 Å². The standard InChI is InChI=1S/C32H39N3O5/c1-5-39-30(40-6-2)21-34(22(3)4)31(36)29(18-23-12-11-17-33-19-23)35(32(37)38)20-28-26-15-9-7-13-24(26)25-14-8-10-16-27(25)28/h7-17,19,22,28-30H,5-6,18,20-21H2,1-4H3,(H,37,38). The molecule has 1 heterocycles. The normalized spacial score (nSPS) is 13.2. The van der Waals surface area contributed by atoms with Gasteiger partial charge in [0, 0.05) is 50.5 Å². The van der Waals surface area contributed by atoms with Crippen LogP contribution in [0.5, 0.6) is 0 Å². The zero-order valence-electron chi connectivity index (χ0n) is 23.7. The molecule has 212 valence electrons. The van der Waals surface area contributed by atoms with Gasteiger partial charge in [-0.15, -0.1) is 0 Å². The molecule has 0 saturated carbocycles. The summed E-state index contributed by atoms with van der Waals surface area (Å²) in [6, 6.07) is 18.7. The molecule has 0 spiro atoms. The van der Waals surface area contributed by atoms with Crippen molar-refractivity contribution in [2.24, 2.45) is 0 Å². The van der Waals surface area contributed by atoms with Gasteiger partial charge < -0.3 is 19.5 Å². The minimum absolute atomic E-state index is 0.145.